The van der Waals surface area contributed by atoms with Gasteiger partial charge in [0.25, 0.3) is 0 Å². The molecule has 1 aromatic rings. The molecular weight excluding hydrogens is 272 g/mol. The normalized spacial score (nSPS) is 10.1. The number of aldehydes is 1. The molecule has 0 atom stereocenters. The molecule has 1 aromatic carbocycles. The van der Waals surface area contributed by atoms with Gasteiger partial charge in [0.15, 0.2) is 0 Å². The molecular formula is C14H20N4O3. The summed E-state index contributed by atoms with van der Waals surface area (Å²) in [5.74, 6) is 0. The fourth-order valence-electron chi connectivity index (χ4n) is 1.80. The minimum Gasteiger partial charge on any atom is -0.330 e. The van der Waals surface area contributed by atoms with Crippen LogP contribution >= 0.6 is 0 Å². The summed E-state index contributed by atoms with van der Waals surface area (Å²) in [6.07, 6.45) is 0.565. The molecule has 0 aliphatic carbocycles. The number of nitrogens with one attached hydrogen (secondary N) is 1. The van der Waals surface area contributed by atoms with Crippen molar-refractivity contribution in [3.63, 3.8) is 0 Å². The Hall–Kier alpha value is -2.41. The van der Waals surface area contributed by atoms with E-state index >= 15 is 0 Å². The third kappa shape index (κ3) is 4.28. The molecule has 0 heterocycles. The minimum absolute atomic E-state index is 0.149. The van der Waals surface area contributed by atoms with Crippen molar-refractivity contribution in [1.82, 2.24) is 15.3 Å². The van der Waals surface area contributed by atoms with Crippen molar-refractivity contribution >= 4 is 24.0 Å². The van der Waals surface area contributed by atoms with E-state index in [1.807, 2.05) is 6.92 Å². The Morgan fingerprint density at radius 1 is 1.19 bits per heavy atom. The SMILES string of the molecule is CCN(C(=O)N(C(=O)NCC=O)c1ccccc1)N(C)C. The Bertz CT molecular complexity index is 490. The lowest BCUT2D eigenvalue weighted by Crippen LogP contribution is -2.54. The fraction of sp³-hybridized carbons (Fsp3) is 0.357. The van der Waals surface area contributed by atoms with Crippen molar-refractivity contribution in [1.29, 1.82) is 0 Å². The van der Waals surface area contributed by atoms with Gasteiger partial charge in [-0.2, -0.15) is 0 Å². The van der Waals surface area contributed by atoms with Crippen molar-refractivity contribution in [3.8, 4) is 0 Å². The molecule has 0 aliphatic heterocycles. The third-order valence-corrected chi connectivity index (χ3v) is 2.75. The summed E-state index contributed by atoms with van der Waals surface area (Å²) < 4.78 is 0. The van der Waals surface area contributed by atoms with Gasteiger partial charge in [-0.3, -0.25) is 5.01 Å². The highest BCUT2D eigenvalue weighted by molar-refractivity contribution is 6.13. The van der Waals surface area contributed by atoms with Gasteiger partial charge < -0.3 is 10.1 Å². The van der Waals surface area contributed by atoms with Gasteiger partial charge in [0, 0.05) is 20.6 Å². The van der Waals surface area contributed by atoms with Crippen molar-refractivity contribution in [3.05, 3.63) is 30.3 Å². The molecule has 4 amide bonds. The second kappa shape index (κ2) is 8.01. The number of carbonyl (C=O) groups is 3. The number of benzene rings is 1. The van der Waals surface area contributed by atoms with Crippen LogP contribution in [-0.4, -0.2) is 55.6 Å². The largest absolute Gasteiger partial charge is 0.347 e. The highest BCUT2D eigenvalue weighted by Crippen LogP contribution is 2.16. The Kier molecular flexibility index (Phi) is 6.35. The Balaban J connectivity index is 3.10. The predicted molar refractivity (Wildman–Crippen MR) is 79.8 cm³/mol. The molecule has 1 rings (SSSR count). The van der Waals surface area contributed by atoms with Crippen LogP contribution in [0, 0.1) is 0 Å². The first-order valence-electron chi connectivity index (χ1n) is 6.58. The second-order valence-electron chi connectivity index (χ2n) is 4.37. The number of amides is 4. The smallest absolute Gasteiger partial charge is 0.330 e. The predicted octanol–water partition coefficient (Wildman–Crippen LogP) is 1.32. The van der Waals surface area contributed by atoms with E-state index in [0.29, 0.717) is 18.5 Å². The van der Waals surface area contributed by atoms with Crippen LogP contribution < -0.4 is 10.2 Å². The summed E-state index contributed by atoms with van der Waals surface area (Å²) in [6, 6.07) is 7.43. The molecule has 0 radical (unpaired) electrons. The average Bonchev–Trinajstić information content (AvgIpc) is 2.46. The van der Waals surface area contributed by atoms with E-state index in [2.05, 4.69) is 5.32 Å². The Morgan fingerprint density at radius 3 is 2.29 bits per heavy atom. The lowest BCUT2D eigenvalue weighted by atomic mass is 10.3. The van der Waals surface area contributed by atoms with Gasteiger partial charge in [-0.25, -0.2) is 19.5 Å². The zero-order valence-corrected chi connectivity index (χ0v) is 12.4. The highest BCUT2D eigenvalue weighted by Gasteiger charge is 2.28. The number of para-hydroxylation sites is 1. The van der Waals surface area contributed by atoms with Crippen LogP contribution in [0.15, 0.2) is 30.3 Å². The van der Waals surface area contributed by atoms with Crippen molar-refractivity contribution in [2.75, 3.05) is 32.1 Å². The van der Waals surface area contributed by atoms with Crippen LogP contribution in [-0.2, 0) is 4.79 Å². The molecule has 1 N–H and O–H groups in total. The van der Waals surface area contributed by atoms with Crippen LogP contribution in [0.5, 0.6) is 0 Å². The first-order valence-corrected chi connectivity index (χ1v) is 6.58. The first-order chi connectivity index (χ1) is 10.0. The number of anilines is 1. The minimum atomic E-state index is -0.640. The van der Waals surface area contributed by atoms with Crippen LogP contribution in [0.3, 0.4) is 0 Å². The zero-order chi connectivity index (χ0) is 15.8. The summed E-state index contributed by atoms with van der Waals surface area (Å²) in [6.45, 7) is 2.07. The number of urea groups is 2. The molecule has 0 aliphatic rings. The summed E-state index contributed by atoms with van der Waals surface area (Å²) in [5.41, 5.74) is 0.436. The maximum atomic E-state index is 12.6. The van der Waals surface area contributed by atoms with E-state index < -0.39 is 12.1 Å². The quantitative estimate of drug-likeness (QED) is 0.656. The van der Waals surface area contributed by atoms with Gasteiger partial charge in [-0.1, -0.05) is 18.2 Å². The van der Waals surface area contributed by atoms with Crippen LogP contribution in [0.2, 0.25) is 0 Å². The fourth-order valence-corrected chi connectivity index (χ4v) is 1.80. The van der Waals surface area contributed by atoms with Gasteiger partial charge in [0.05, 0.1) is 12.2 Å². The molecule has 0 spiro atoms. The Morgan fingerprint density at radius 2 is 1.81 bits per heavy atom. The van der Waals surface area contributed by atoms with E-state index in [4.69, 9.17) is 0 Å². The number of imide groups is 1. The molecule has 7 nitrogen and oxygen atoms in total. The van der Waals surface area contributed by atoms with E-state index in [0.717, 1.165) is 4.90 Å². The highest BCUT2D eigenvalue weighted by atomic mass is 16.2. The lowest BCUT2D eigenvalue weighted by Gasteiger charge is -2.32. The van der Waals surface area contributed by atoms with E-state index in [1.54, 1.807) is 49.4 Å². The van der Waals surface area contributed by atoms with Gasteiger partial charge in [0.2, 0.25) is 0 Å². The zero-order valence-electron chi connectivity index (χ0n) is 12.4. The van der Waals surface area contributed by atoms with Gasteiger partial charge >= 0.3 is 12.1 Å². The maximum absolute atomic E-state index is 12.6. The number of hydrogen-bond donors (Lipinski definition) is 1. The summed E-state index contributed by atoms with van der Waals surface area (Å²) in [7, 11) is 3.43. The molecule has 0 fully saturated rings. The summed E-state index contributed by atoms with van der Waals surface area (Å²) in [4.78, 5) is 36.2. The monoisotopic (exact) mass is 292 g/mol. The molecule has 0 bridgehead atoms. The third-order valence-electron chi connectivity index (χ3n) is 2.75. The molecule has 0 saturated carbocycles. The molecule has 7 heteroatoms. The Labute approximate surface area is 124 Å². The van der Waals surface area contributed by atoms with Crippen molar-refractivity contribution < 1.29 is 14.4 Å². The molecule has 114 valence electrons. The molecule has 21 heavy (non-hydrogen) atoms. The molecule has 0 saturated heterocycles. The van der Waals surface area contributed by atoms with Crippen LogP contribution in [0.25, 0.3) is 0 Å². The van der Waals surface area contributed by atoms with Crippen LogP contribution in [0.4, 0.5) is 15.3 Å². The molecule has 0 aromatic heterocycles. The van der Waals surface area contributed by atoms with Crippen molar-refractivity contribution in [2.24, 2.45) is 0 Å². The number of nitrogens with zero attached hydrogens (tertiary/aromatic N) is 3. The van der Waals surface area contributed by atoms with Gasteiger partial charge in [-0.05, 0) is 19.1 Å². The number of carbonyl (C=O) groups excluding carboxylic acids is 3. The van der Waals surface area contributed by atoms with E-state index in [-0.39, 0.29) is 6.54 Å². The van der Waals surface area contributed by atoms with Crippen molar-refractivity contribution in [2.45, 2.75) is 6.92 Å². The number of hydrazine groups is 1. The standard InChI is InChI=1S/C14H20N4O3/c1-4-17(16(2)3)14(21)18(13(20)15-10-11-19)12-8-6-5-7-9-12/h5-9,11H,4,10H2,1-3H3,(H,15,20). The van der Waals surface area contributed by atoms with Crippen LogP contribution in [0.1, 0.15) is 6.92 Å². The van der Waals surface area contributed by atoms with E-state index in [1.165, 1.54) is 5.01 Å². The topological polar surface area (TPSA) is 73.0 Å². The number of hydrogen-bond acceptors (Lipinski definition) is 4. The summed E-state index contributed by atoms with van der Waals surface area (Å²) >= 11 is 0. The first kappa shape index (κ1) is 16.6. The van der Waals surface area contributed by atoms with E-state index in [9.17, 15) is 14.4 Å². The van der Waals surface area contributed by atoms with Gasteiger partial charge in [-0.15, -0.1) is 0 Å². The average molecular weight is 292 g/mol. The maximum Gasteiger partial charge on any atom is 0.347 e. The summed E-state index contributed by atoms with van der Waals surface area (Å²) in [5, 5.41) is 5.40. The second-order valence-corrected chi connectivity index (χ2v) is 4.37. The number of rotatable bonds is 5. The molecule has 0 unspecified atom stereocenters. The lowest BCUT2D eigenvalue weighted by molar-refractivity contribution is -0.107. The van der Waals surface area contributed by atoms with Gasteiger partial charge in [0.1, 0.15) is 6.29 Å².